The maximum atomic E-state index is 12.5. The first-order valence-corrected chi connectivity index (χ1v) is 9.32. The lowest BCUT2D eigenvalue weighted by Crippen LogP contribution is -2.32. The van der Waals surface area contributed by atoms with Crippen LogP contribution in [0.2, 0.25) is 0 Å². The van der Waals surface area contributed by atoms with Gasteiger partial charge in [-0.05, 0) is 54.8 Å². The second kappa shape index (κ2) is 6.60. The van der Waals surface area contributed by atoms with Crippen LogP contribution in [0.5, 0.6) is 11.5 Å². The number of ether oxygens (including phenoxy) is 2. The van der Waals surface area contributed by atoms with Gasteiger partial charge in [-0.25, -0.2) is 4.79 Å². The molecule has 2 heterocycles. The number of hydrogen-bond acceptors (Lipinski definition) is 5. The molecule has 1 aromatic heterocycles. The highest BCUT2D eigenvalue weighted by Crippen LogP contribution is 2.36. The summed E-state index contributed by atoms with van der Waals surface area (Å²) < 4.78 is 17.2. The molecule has 0 spiro atoms. The molecule has 28 heavy (non-hydrogen) atoms. The summed E-state index contributed by atoms with van der Waals surface area (Å²) in [6.07, 6.45) is 0. The van der Waals surface area contributed by atoms with Crippen LogP contribution in [0.1, 0.15) is 12.5 Å². The summed E-state index contributed by atoms with van der Waals surface area (Å²) in [6, 6.07) is 19.4. The van der Waals surface area contributed by atoms with Gasteiger partial charge in [-0.3, -0.25) is 0 Å². The topological polar surface area (TPSA) is 51.9 Å². The third-order valence-electron chi connectivity index (χ3n) is 5.09. The van der Waals surface area contributed by atoms with Gasteiger partial charge in [0.15, 0.2) is 6.73 Å². The zero-order valence-electron chi connectivity index (χ0n) is 15.5. The zero-order chi connectivity index (χ0) is 19.1. The highest BCUT2D eigenvalue weighted by Gasteiger charge is 2.22. The zero-order valence-corrected chi connectivity index (χ0v) is 15.5. The van der Waals surface area contributed by atoms with Crippen molar-refractivity contribution in [3.63, 3.8) is 0 Å². The van der Waals surface area contributed by atoms with E-state index < -0.39 is 0 Å². The Kier molecular flexibility index (Phi) is 3.93. The monoisotopic (exact) mass is 373 g/mol. The Balaban J connectivity index is 1.60. The first-order chi connectivity index (χ1) is 13.7. The van der Waals surface area contributed by atoms with Crippen molar-refractivity contribution in [2.24, 2.45) is 0 Å². The first-order valence-electron chi connectivity index (χ1n) is 9.32. The number of hydrogen-bond donors (Lipinski definition) is 0. The Hall–Kier alpha value is -3.47. The van der Waals surface area contributed by atoms with Crippen LogP contribution in [0.3, 0.4) is 0 Å². The molecule has 0 fully saturated rings. The van der Waals surface area contributed by atoms with E-state index in [-0.39, 0.29) is 5.63 Å². The lowest BCUT2D eigenvalue weighted by Gasteiger charge is -2.31. The highest BCUT2D eigenvalue weighted by atomic mass is 16.5. The Bertz CT molecular complexity index is 1230. The number of benzene rings is 3. The smallest absolute Gasteiger partial charge is 0.344 e. The average molecular weight is 373 g/mol. The van der Waals surface area contributed by atoms with Crippen LogP contribution in [0.25, 0.3) is 21.7 Å². The molecule has 1 aliphatic rings. The second-order valence-corrected chi connectivity index (χ2v) is 6.75. The molecule has 5 rings (SSSR count). The maximum Gasteiger partial charge on any atom is 0.344 e. The van der Waals surface area contributed by atoms with Crippen LogP contribution in [0.15, 0.2) is 69.9 Å². The van der Waals surface area contributed by atoms with Crippen molar-refractivity contribution < 1.29 is 13.9 Å². The van der Waals surface area contributed by atoms with Crippen molar-refractivity contribution in [3.8, 4) is 11.5 Å². The van der Waals surface area contributed by atoms with Crippen LogP contribution in [0.4, 0.5) is 5.69 Å². The van der Waals surface area contributed by atoms with Crippen molar-refractivity contribution in [1.29, 1.82) is 0 Å². The SMILES string of the molecule is CCOc1ccc(N2COc3ccc4c(oc(=O)c5ccccc54)c3C2)cc1. The molecule has 5 heteroatoms. The van der Waals surface area contributed by atoms with Crippen molar-refractivity contribution in [3.05, 3.63) is 76.6 Å². The molecule has 0 atom stereocenters. The van der Waals surface area contributed by atoms with Gasteiger partial charge in [-0.2, -0.15) is 0 Å². The number of anilines is 1. The lowest BCUT2D eigenvalue weighted by molar-refractivity contribution is 0.289. The Labute approximate surface area is 161 Å². The quantitative estimate of drug-likeness (QED) is 0.385. The van der Waals surface area contributed by atoms with E-state index in [1.54, 1.807) is 6.07 Å². The number of rotatable bonds is 3. The van der Waals surface area contributed by atoms with Gasteiger partial charge >= 0.3 is 5.63 Å². The Morgan fingerprint density at radius 3 is 2.54 bits per heavy atom. The van der Waals surface area contributed by atoms with Gasteiger partial charge in [0.2, 0.25) is 0 Å². The van der Waals surface area contributed by atoms with E-state index >= 15 is 0 Å². The predicted molar refractivity (Wildman–Crippen MR) is 109 cm³/mol. The Morgan fingerprint density at radius 2 is 1.75 bits per heavy atom. The molecule has 4 aromatic rings. The number of nitrogens with zero attached hydrogens (tertiary/aromatic N) is 1. The van der Waals surface area contributed by atoms with Gasteiger partial charge in [-0.1, -0.05) is 18.2 Å². The molecule has 0 amide bonds. The molecule has 0 N–H and O–H groups in total. The lowest BCUT2D eigenvalue weighted by atomic mass is 10.0. The molecule has 0 radical (unpaired) electrons. The molecule has 0 bridgehead atoms. The highest BCUT2D eigenvalue weighted by molar-refractivity contribution is 6.05. The summed E-state index contributed by atoms with van der Waals surface area (Å²) in [7, 11) is 0. The van der Waals surface area contributed by atoms with Gasteiger partial charge in [0.25, 0.3) is 0 Å². The summed E-state index contributed by atoms with van der Waals surface area (Å²) in [5.41, 5.74) is 2.18. The molecule has 0 aliphatic carbocycles. The van der Waals surface area contributed by atoms with Gasteiger partial charge in [0.05, 0.1) is 24.1 Å². The molecule has 5 nitrogen and oxygen atoms in total. The second-order valence-electron chi connectivity index (χ2n) is 6.75. The molecule has 1 aliphatic heterocycles. The third-order valence-corrected chi connectivity index (χ3v) is 5.09. The van der Waals surface area contributed by atoms with E-state index in [1.165, 1.54) is 0 Å². The summed E-state index contributed by atoms with van der Waals surface area (Å²) in [6.45, 7) is 3.64. The van der Waals surface area contributed by atoms with E-state index in [0.29, 0.717) is 30.9 Å². The minimum Gasteiger partial charge on any atom is -0.494 e. The van der Waals surface area contributed by atoms with Crippen LogP contribution in [0, 0.1) is 0 Å². The van der Waals surface area contributed by atoms with Crippen molar-refractivity contribution >= 4 is 27.4 Å². The third kappa shape index (κ3) is 2.67. The van der Waals surface area contributed by atoms with Crippen molar-refractivity contribution in [2.45, 2.75) is 13.5 Å². The van der Waals surface area contributed by atoms with Crippen LogP contribution in [-0.2, 0) is 6.54 Å². The van der Waals surface area contributed by atoms with Gasteiger partial charge < -0.3 is 18.8 Å². The average Bonchev–Trinajstić information content (AvgIpc) is 2.74. The fraction of sp³-hybridized carbons (Fsp3) is 0.174. The number of fused-ring (bicyclic) bond motifs is 5. The standard InChI is InChI=1S/C23H19NO4/c1-2-26-16-9-7-15(8-10-16)24-13-20-21(27-14-24)12-11-18-17-5-3-4-6-19(17)23(25)28-22(18)20/h3-12H,2,13-14H2,1H3. The predicted octanol–water partition coefficient (Wildman–Crippen LogP) is 4.70. The fourth-order valence-electron chi connectivity index (χ4n) is 3.74. The molecular formula is C23H19NO4. The van der Waals surface area contributed by atoms with E-state index in [4.69, 9.17) is 13.9 Å². The molecular weight excluding hydrogens is 354 g/mol. The maximum absolute atomic E-state index is 12.5. The molecule has 0 saturated heterocycles. The molecule has 0 unspecified atom stereocenters. The van der Waals surface area contributed by atoms with Crippen molar-refractivity contribution in [1.82, 2.24) is 0 Å². The van der Waals surface area contributed by atoms with Crippen LogP contribution < -0.4 is 20.0 Å². The van der Waals surface area contributed by atoms with Gasteiger partial charge in [-0.15, -0.1) is 0 Å². The van der Waals surface area contributed by atoms with E-state index in [9.17, 15) is 4.79 Å². The van der Waals surface area contributed by atoms with Crippen LogP contribution >= 0.6 is 0 Å². The largest absolute Gasteiger partial charge is 0.494 e. The Morgan fingerprint density at radius 1 is 0.964 bits per heavy atom. The van der Waals surface area contributed by atoms with Gasteiger partial charge in [0.1, 0.15) is 17.1 Å². The van der Waals surface area contributed by atoms with E-state index in [2.05, 4.69) is 4.90 Å². The molecule has 3 aromatic carbocycles. The normalized spacial score (nSPS) is 13.4. The minimum absolute atomic E-state index is 0.324. The fourth-order valence-corrected chi connectivity index (χ4v) is 3.74. The summed E-state index contributed by atoms with van der Waals surface area (Å²) in [5, 5.41) is 2.41. The minimum atomic E-state index is -0.324. The summed E-state index contributed by atoms with van der Waals surface area (Å²) in [5.74, 6) is 1.60. The summed E-state index contributed by atoms with van der Waals surface area (Å²) in [4.78, 5) is 14.6. The van der Waals surface area contributed by atoms with Crippen LogP contribution in [-0.4, -0.2) is 13.3 Å². The van der Waals surface area contributed by atoms with Gasteiger partial charge in [0, 0.05) is 11.1 Å². The van der Waals surface area contributed by atoms with E-state index in [1.807, 2.05) is 61.5 Å². The summed E-state index contributed by atoms with van der Waals surface area (Å²) >= 11 is 0. The first kappa shape index (κ1) is 16.7. The molecule has 0 saturated carbocycles. The van der Waals surface area contributed by atoms with Crippen molar-refractivity contribution in [2.75, 3.05) is 18.2 Å². The molecule has 140 valence electrons. The van der Waals surface area contributed by atoms with E-state index in [0.717, 1.165) is 33.5 Å².